The molecule has 2 aromatic rings. The van der Waals surface area contributed by atoms with Crippen LogP contribution < -0.4 is 5.43 Å². The first-order valence-corrected chi connectivity index (χ1v) is 5.19. The lowest BCUT2D eigenvalue weighted by atomic mass is 10.1. The van der Waals surface area contributed by atoms with Gasteiger partial charge in [-0.3, -0.25) is 4.79 Å². The average molecular weight is 204 g/mol. The molecule has 0 aliphatic carbocycles. The SMILES string of the molecule is CC.Cc1oc2ccccc2c(=O)c1C. The van der Waals surface area contributed by atoms with E-state index >= 15 is 0 Å². The number of fused-ring (bicyclic) bond motifs is 1. The van der Waals surface area contributed by atoms with Crippen LogP contribution in [0, 0.1) is 13.8 Å². The van der Waals surface area contributed by atoms with E-state index in [4.69, 9.17) is 4.42 Å². The van der Waals surface area contributed by atoms with Gasteiger partial charge in [0.05, 0.1) is 5.39 Å². The summed E-state index contributed by atoms with van der Waals surface area (Å²) in [7, 11) is 0. The lowest BCUT2D eigenvalue weighted by Crippen LogP contribution is -2.06. The van der Waals surface area contributed by atoms with Crippen molar-refractivity contribution >= 4 is 11.0 Å². The highest BCUT2D eigenvalue weighted by atomic mass is 16.3. The van der Waals surface area contributed by atoms with Gasteiger partial charge in [-0.05, 0) is 26.0 Å². The van der Waals surface area contributed by atoms with E-state index in [1.807, 2.05) is 39.0 Å². The van der Waals surface area contributed by atoms with E-state index in [-0.39, 0.29) is 5.43 Å². The van der Waals surface area contributed by atoms with Crippen LogP contribution >= 0.6 is 0 Å². The molecule has 80 valence electrons. The molecule has 0 saturated heterocycles. The molecule has 1 heterocycles. The summed E-state index contributed by atoms with van der Waals surface area (Å²) in [6, 6.07) is 7.30. The quantitative estimate of drug-likeness (QED) is 0.658. The monoisotopic (exact) mass is 204 g/mol. The van der Waals surface area contributed by atoms with Gasteiger partial charge in [0, 0.05) is 5.56 Å². The van der Waals surface area contributed by atoms with Crippen molar-refractivity contribution in [1.82, 2.24) is 0 Å². The summed E-state index contributed by atoms with van der Waals surface area (Å²) in [5.41, 5.74) is 1.42. The largest absolute Gasteiger partial charge is 0.461 e. The summed E-state index contributed by atoms with van der Waals surface area (Å²) in [6.07, 6.45) is 0. The summed E-state index contributed by atoms with van der Waals surface area (Å²) in [5.74, 6) is 0.698. The molecule has 0 aliphatic rings. The van der Waals surface area contributed by atoms with E-state index in [2.05, 4.69) is 0 Å². The van der Waals surface area contributed by atoms with Crippen LogP contribution in [0.1, 0.15) is 25.2 Å². The fourth-order valence-corrected chi connectivity index (χ4v) is 1.35. The molecule has 15 heavy (non-hydrogen) atoms. The van der Waals surface area contributed by atoms with Gasteiger partial charge in [0.25, 0.3) is 0 Å². The van der Waals surface area contributed by atoms with E-state index < -0.39 is 0 Å². The molecular weight excluding hydrogens is 188 g/mol. The van der Waals surface area contributed by atoms with E-state index in [0.717, 1.165) is 0 Å². The summed E-state index contributed by atoms with van der Waals surface area (Å²) >= 11 is 0. The fourth-order valence-electron chi connectivity index (χ4n) is 1.35. The number of hydrogen-bond acceptors (Lipinski definition) is 2. The lowest BCUT2D eigenvalue weighted by molar-refractivity contribution is 0.559. The van der Waals surface area contributed by atoms with Crippen molar-refractivity contribution in [3.05, 3.63) is 45.8 Å². The molecule has 0 N–H and O–H groups in total. The minimum Gasteiger partial charge on any atom is -0.461 e. The molecule has 2 heteroatoms. The van der Waals surface area contributed by atoms with Gasteiger partial charge in [-0.15, -0.1) is 0 Å². The zero-order chi connectivity index (χ0) is 11.4. The molecule has 1 aromatic heterocycles. The van der Waals surface area contributed by atoms with Crippen LogP contribution in [-0.2, 0) is 0 Å². The molecule has 0 saturated carbocycles. The van der Waals surface area contributed by atoms with E-state index in [9.17, 15) is 4.79 Å². The first kappa shape index (κ1) is 11.5. The molecule has 0 aliphatic heterocycles. The first-order valence-electron chi connectivity index (χ1n) is 5.19. The van der Waals surface area contributed by atoms with Crippen LogP contribution in [0.4, 0.5) is 0 Å². The summed E-state index contributed by atoms with van der Waals surface area (Å²) in [6.45, 7) is 7.59. The average Bonchev–Trinajstić information content (AvgIpc) is 2.29. The van der Waals surface area contributed by atoms with Crippen molar-refractivity contribution in [1.29, 1.82) is 0 Å². The van der Waals surface area contributed by atoms with Gasteiger partial charge in [0.1, 0.15) is 11.3 Å². The molecule has 2 nitrogen and oxygen atoms in total. The Hall–Kier alpha value is -1.57. The Morgan fingerprint density at radius 1 is 1.07 bits per heavy atom. The molecule has 0 fully saturated rings. The maximum absolute atomic E-state index is 11.7. The molecule has 0 spiro atoms. The highest BCUT2D eigenvalue weighted by Gasteiger charge is 2.05. The number of hydrogen-bond donors (Lipinski definition) is 0. The van der Waals surface area contributed by atoms with Crippen LogP contribution in [0.3, 0.4) is 0 Å². The van der Waals surface area contributed by atoms with Crippen LogP contribution in [-0.4, -0.2) is 0 Å². The van der Waals surface area contributed by atoms with E-state index in [1.54, 1.807) is 13.0 Å². The number of rotatable bonds is 0. The summed E-state index contributed by atoms with van der Waals surface area (Å²) < 4.78 is 5.47. The third-order valence-corrected chi connectivity index (χ3v) is 2.26. The maximum atomic E-state index is 11.7. The molecule has 0 unspecified atom stereocenters. The highest BCUT2D eigenvalue weighted by molar-refractivity contribution is 5.76. The predicted octanol–water partition coefficient (Wildman–Crippen LogP) is 3.44. The van der Waals surface area contributed by atoms with Crippen molar-refractivity contribution in [2.75, 3.05) is 0 Å². The maximum Gasteiger partial charge on any atom is 0.195 e. The Labute approximate surface area is 89.5 Å². The number of aryl methyl sites for hydroxylation is 1. The van der Waals surface area contributed by atoms with E-state index in [1.165, 1.54) is 0 Å². The summed E-state index contributed by atoms with van der Waals surface area (Å²) in [4.78, 5) is 11.7. The molecule has 0 bridgehead atoms. The lowest BCUT2D eigenvalue weighted by Gasteiger charge is -2.00. The van der Waals surface area contributed by atoms with Gasteiger partial charge < -0.3 is 4.42 Å². The minimum atomic E-state index is 0.0688. The van der Waals surface area contributed by atoms with Gasteiger partial charge in [-0.25, -0.2) is 0 Å². The Balaban J connectivity index is 0.000000531. The van der Waals surface area contributed by atoms with Gasteiger partial charge in [-0.2, -0.15) is 0 Å². The van der Waals surface area contributed by atoms with Gasteiger partial charge in [0.2, 0.25) is 0 Å². The molecule has 0 amide bonds. The first-order chi connectivity index (χ1) is 7.20. The summed E-state index contributed by atoms with van der Waals surface area (Å²) in [5, 5.41) is 0.658. The second-order valence-corrected chi connectivity index (χ2v) is 3.11. The molecular formula is C13H16O2. The van der Waals surface area contributed by atoms with Crippen LogP contribution in [0.25, 0.3) is 11.0 Å². The van der Waals surface area contributed by atoms with Gasteiger partial charge >= 0.3 is 0 Å². The normalized spacial score (nSPS) is 9.60. The predicted molar refractivity (Wildman–Crippen MR) is 63.3 cm³/mol. The second-order valence-electron chi connectivity index (χ2n) is 3.11. The molecule has 0 atom stereocenters. The van der Waals surface area contributed by atoms with Gasteiger partial charge in [-0.1, -0.05) is 26.0 Å². The standard InChI is InChI=1S/C11H10O2.C2H6/c1-7-8(2)13-10-6-4-3-5-9(10)11(7)12;1-2/h3-6H,1-2H3;1-2H3. The molecule has 0 radical (unpaired) electrons. The second kappa shape index (κ2) is 4.78. The third-order valence-electron chi connectivity index (χ3n) is 2.26. The molecule has 2 rings (SSSR count). The van der Waals surface area contributed by atoms with Crippen LogP contribution in [0.5, 0.6) is 0 Å². The van der Waals surface area contributed by atoms with E-state index in [0.29, 0.717) is 22.3 Å². The van der Waals surface area contributed by atoms with Crippen LogP contribution in [0.15, 0.2) is 33.5 Å². The van der Waals surface area contributed by atoms with Crippen molar-refractivity contribution in [2.24, 2.45) is 0 Å². The topological polar surface area (TPSA) is 30.2 Å². The van der Waals surface area contributed by atoms with Crippen molar-refractivity contribution in [2.45, 2.75) is 27.7 Å². The van der Waals surface area contributed by atoms with Crippen LogP contribution in [0.2, 0.25) is 0 Å². The Bertz CT molecular complexity index is 509. The Morgan fingerprint density at radius 3 is 2.33 bits per heavy atom. The number of benzene rings is 1. The zero-order valence-corrected chi connectivity index (χ0v) is 9.63. The van der Waals surface area contributed by atoms with Crippen molar-refractivity contribution in [3.63, 3.8) is 0 Å². The molecule has 1 aromatic carbocycles. The minimum absolute atomic E-state index is 0.0688. The highest BCUT2D eigenvalue weighted by Crippen LogP contribution is 2.13. The smallest absolute Gasteiger partial charge is 0.195 e. The van der Waals surface area contributed by atoms with Crippen molar-refractivity contribution in [3.8, 4) is 0 Å². The fraction of sp³-hybridized carbons (Fsp3) is 0.308. The van der Waals surface area contributed by atoms with Crippen molar-refractivity contribution < 1.29 is 4.42 Å². The Kier molecular flexibility index (Phi) is 3.67. The van der Waals surface area contributed by atoms with Gasteiger partial charge in [0.15, 0.2) is 5.43 Å². The number of para-hydroxylation sites is 1. The third kappa shape index (κ3) is 2.09. The Morgan fingerprint density at radius 2 is 1.67 bits per heavy atom. The zero-order valence-electron chi connectivity index (χ0n) is 9.63.